The molecule has 0 radical (unpaired) electrons. The molecule has 0 bridgehead atoms. The second-order valence-corrected chi connectivity index (χ2v) is 17.3. The molecule has 0 amide bonds. The molecule has 4 fully saturated rings. The third-order valence-corrected chi connectivity index (χ3v) is 15.1. The number of nitro groups is 2. The summed E-state index contributed by atoms with van der Waals surface area (Å²) in [5.74, 6) is 2.28. The lowest BCUT2D eigenvalue weighted by Gasteiger charge is -2.71. The Kier molecular flexibility index (Phi) is 7.41. The molecule has 246 valence electrons. The third-order valence-electron chi connectivity index (χ3n) is 15.1. The Morgan fingerprint density at radius 1 is 0.822 bits per heavy atom. The highest BCUT2D eigenvalue weighted by atomic mass is 16.6. The van der Waals surface area contributed by atoms with Crippen molar-refractivity contribution >= 4 is 17.3 Å². The van der Waals surface area contributed by atoms with Gasteiger partial charge in [0.15, 0.2) is 0 Å². The van der Waals surface area contributed by atoms with Crippen molar-refractivity contribution in [2.45, 2.75) is 119 Å². The van der Waals surface area contributed by atoms with Crippen LogP contribution in [0.3, 0.4) is 0 Å². The molecule has 45 heavy (non-hydrogen) atoms. The Labute approximate surface area is 268 Å². The quantitative estimate of drug-likeness (QED) is 0.143. The van der Waals surface area contributed by atoms with E-state index >= 15 is 0 Å². The fraction of sp³-hybridized carbons (Fsp3) is 0.757. The summed E-state index contributed by atoms with van der Waals surface area (Å²) >= 11 is 0. The van der Waals surface area contributed by atoms with E-state index in [9.17, 15) is 25.0 Å². The average Bonchev–Trinajstić information content (AvgIpc) is 2.97. The van der Waals surface area contributed by atoms with Crippen LogP contribution in [-0.4, -0.2) is 21.9 Å². The average molecular weight is 621 g/mol. The Morgan fingerprint density at radius 2 is 1.47 bits per heavy atom. The van der Waals surface area contributed by atoms with E-state index in [4.69, 9.17) is 4.74 Å². The van der Waals surface area contributed by atoms with Crippen LogP contribution < -0.4 is 0 Å². The number of nitro benzene ring substituents is 2. The van der Waals surface area contributed by atoms with Crippen molar-refractivity contribution in [3.8, 4) is 0 Å². The maximum Gasteiger partial charge on any atom is 0.338 e. The molecular formula is C37H52N2O6. The number of hydrogen-bond donors (Lipinski definition) is 0. The molecule has 0 aromatic heterocycles. The fourth-order valence-electron chi connectivity index (χ4n) is 12.2. The summed E-state index contributed by atoms with van der Waals surface area (Å²) in [5, 5.41) is 22.9. The molecule has 1 aromatic carbocycles. The number of carbonyl (C=O) groups is 1. The highest BCUT2D eigenvalue weighted by Gasteiger charge is 2.68. The number of carbonyl (C=O) groups excluding carboxylic acids is 1. The summed E-state index contributed by atoms with van der Waals surface area (Å²) in [6.07, 6.45) is 12.6. The zero-order chi connectivity index (χ0) is 32.9. The third kappa shape index (κ3) is 4.54. The topological polar surface area (TPSA) is 113 Å². The van der Waals surface area contributed by atoms with Gasteiger partial charge in [-0.1, -0.05) is 67.0 Å². The van der Waals surface area contributed by atoms with Gasteiger partial charge in [-0.15, -0.1) is 0 Å². The lowest BCUT2D eigenvalue weighted by atomic mass is 9.33. The Morgan fingerprint density at radius 3 is 2.09 bits per heavy atom. The van der Waals surface area contributed by atoms with Crippen molar-refractivity contribution in [1.29, 1.82) is 0 Å². The molecule has 0 spiro atoms. The van der Waals surface area contributed by atoms with Crippen molar-refractivity contribution in [3.63, 3.8) is 0 Å². The van der Waals surface area contributed by atoms with E-state index in [1.807, 2.05) is 0 Å². The zero-order valence-electron chi connectivity index (χ0n) is 28.5. The van der Waals surface area contributed by atoms with E-state index in [1.165, 1.54) is 25.7 Å². The van der Waals surface area contributed by atoms with E-state index in [0.717, 1.165) is 49.8 Å². The van der Waals surface area contributed by atoms with E-state index < -0.39 is 27.2 Å². The van der Waals surface area contributed by atoms with Crippen LogP contribution in [0, 0.1) is 76.9 Å². The van der Waals surface area contributed by atoms with E-state index in [2.05, 4.69) is 61.5 Å². The second kappa shape index (κ2) is 10.4. The number of non-ortho nitro benzene ring substituents is 2. The monoisotopic (exact) mass is 620 g/mol. The predicted octanol–water partition coefficient (Wildman–Crippen LogP) is 9.71. The van der Waals surface area contributed by atoms with Gasteiger partial charge in [0.25, 0.3) is 11.4 Å². The summed E-state index contributed by atoms with van der Waals surface area (Å²) in [7, 11) is 0. The van der Waals surface area contributed by atoms with Gasteiger partial charge in [0.1, 0.15) is 6.10 Å². The van der Waals surface area contributed by atoms with Crippen LogP contribution in [0.5, 0.6) is 0 Å². The van der Waals surface area contributed by atoms with Gasteiger partial charge >= 0.3 is 5.97 Å². The summed E-state index contributed by atoms with van der Waals surface area (Å²) < 4.78 is 6.12. The van der Waals surface area contributed by atoms with Crippen LogP contribution in [0.25, 0.3) is 0 Å². The largest absolute Gasteiger partial charge is 0.458 e. The van der Waals surface area contributed by atoms with E-state index in [0.29, 0.717) is 35.5 Å². The number of ether oxygens (including phenoxy) is 1. The molecule has 6 rings (SSSR count). The number of fused-ring (bicyclic) bond motifs is 7. The van der Waals surface area contributed by atoms with E-state index in [-0.39, 0.29) is 33.3 Å². The van der Waals surface area contributed by atoms with Gasteiger partial charge in [0.2, 0.25) is 0 Å². The fourth-order valence-corrected chi connectivity index (χ4v) is 12.2. The summed E-state index contributed by atoms with van der Waals surface area (Å²) in [6.45, 7) is 19.7. The normalized spacial score (nSPS) is 43.4. The van der Waals surface area contributed by atoms with Crippen molar-refractivity contribution in [1.82, 2.24) is 0 Å². The van der Waals surface area contributed by atoms with Crippen LogP contribution in [-0.2, 0) is 4.74 Å². The minimum Gasteiger partial charge on any atom is -0.458 e. The minimum atomic E-state index is -0.733. The number of rotatable bonds is 4. The molecule has 0 unspecified atom stereocenters. The molecule has 8 heteroatoms. The summed E-state index contributed by atoms with van der Waals surface area (Å²) in [6, 6.07) is 3.03. The van der Waals surface area contributed by atoms with Gasteiger partial charge in [0, 0.05) is 17.5 Å². The SMILES string of the molecule is C[C@H]1[C@H](C)CC[C@]2(C)CC[C@]3(C)C(=CC[C@@H]4[C@]5(C)CC[C@H](OC(=O)c6cc([N+](=O)[O-])cc([N+](=O)[O-])c6)C(C)(C)[C@@H]5CC[C@@]43C)[C@@H]12. The molecule has 4 saturated carbocycles. The number of hydrogen-bond acceptors (Lipinski definition) is 6. The Bertz CT molecular complexity index is 1440. The molecular weight excluding hydrogens is 568 g/mol. The van der Waals surface area contributed by atoms with Crippen molar-refractivity contribution in [3.05, 3.63) is 55.6 Å². The first-order valence-electron chi connectivity index (χ1n) is 17.2. The Balaban J connectivity index is 1.29. The van der Waals surface area contributed by atoms with Crippen LogP contribution in [0.2, 0.25) is 0 Å². The van der Waals surface area contributed by atoms with Gasteiger partial charge in [0.05, 0.1) is 21.5 Å². The molecule has 0 heterocycles. The molecule has 1 aromatic rings. The number of allylic oxidation sites excluding steroid dienone is 2. The highest BCUT2D eigenvalue weighted by molar-refractivity contribution is 5.91. The molecule has 10 atom stereocenters. The molecule has 5 aliphatic carbocycles. The van der Waals surface area contributed by atoms with Crippen molar-refractivity contribution in [2.24, 2.45) is 56.7 Å². The van der Waals surface area contributed by atoms with Crippen LogP contribution in [0.15, 0.2) is 29.8 Å². The number of esters is 1. The van der Waals surface area contributed by atoms with Crippen LogP contribution in [0.4, 0.5) is 11.4 Å². The van der Waals surface area contributed by atoms with Crippen LogP contribution in [0.1, 0.15) is 124 Å². The first-order chi connectivity index (χ1) is 20.9. The van der Waals surface area contributed by atoms with Gasteiger partial charge in [-0.05, 0) is 109 Å². The number of nitrogens with zero attached hydrogens (tertiary/aromatic N) is 2. The first kappa shape index (κ1) is 32.2. The lowest BCUT2D eigenvalue weighted by Crippen LogP contribution is -2.65. The molecule has 5 aliphatic rings. The molecule has 0 aliphatic heterocycles. The minimum absolute atomic E-state index is 0.0843. The smallest absolute Gasteiger partial charge is 0.338 e. The van der Waals surface area contributed by atoms with E-state index in [1.54, 1.807) is 5.57 Å². The van der Waals surface area contributed by atoms with Gasteiger partial charge in [-0.25, -0.2) is 4.79 Å². The Hall–Kier alpha value is -2.77. The maximum absolute atomic E-state index is 13.4. The maximum atomic E-state index is 13.4. The van der Waals surface area contributed by atoms with Gasteiger partial charge in [-0.3, -0.25) is 20.2 Å². The predicted molar refractivity (Wildman–Crippen MR) is 174 cm³/mol. The summed E-state index contributed by atoms with van der Waals surface area (Å²) in [4.78, 5) is 34.8. The molecule has 0 saturated heterocycles. The molecule has 0 N–H and O–H groups in total. The van der Waals surface area contributed by atoms with Crippen molar-refractivity contribution in [2.75, 3.05) is 0 Å². The zero-order valence-corrected chi connectivity index (χ0v) is 28.5. The first-order valence-corrected chi connectivity index (χ1v) is 17.2. The van der Waals surface area contributed by atoms with Crippen LogP contribution >= 0.6 is 0 Å². The van der Waals surface area contributed by atoms with Gasteiger partial charge < -0.3 is 4.74 Å². The number of benzene rings is 1. The molecule has 8 nitrogen and oxygen atoms in total. The van der Waals surface area contributed by atoms with Crippen molar-refractivity contribution < 1.29 is 19.4 Å². The van der Waals surface area contributed by atoms with Gasteiger partial charge in [-0.2, -0.15) is 0 Å². The highest BCUT2D eigenvalue weighted by Crippen LogP contribution is 2.75. The second-order valence-electron chi connectivity index (χ2n) is 17.3. The standard InChI is InChI=1S/C37H52N2O6/c1-22-11-14-34(5)17-18-36(7)27(31(34)23(22)2)9-10-29-35(6)15-13-30(33(3,4)28(35)12-16-37(29,36)8)45-32(40)24-19-25(38(41)42)21-26(20-24)39(43)44/h9,19-23,28-31H,10-18H2,1-8H3/t22-,23+,28+,29-,30+,31-,34-,35-,36-,37+/m1/s1. The summed E-state index contributed by atoms with van der Waals surface area (Å²) in [5.41, 5.74) is 1.20. The lowest BCUT2D eigenvalue weighted by molar-refractivity contribution is -0.394.